The van der Waals surface area contributed by atoms with Crippen LogP contribution in [-0.2, 0) is 4.79 Å². The Balaban J connectivity index is 4.02. The number of nitrogens with two attached hydrogens (primary N) is 1. The number of carbonyl (C=O) groups excluding carboxylic acids is 1. The molecule has 0 spiro atoms. The summed E-state index contributed by atoms with van der Waals surface area (Å²) < 4.78 is 0. The molecule has 0 fully saturated rings. The van der Waals surface area contributed by atoms with Crippen LogP contribution in [0, 0.1) is 5.92 Å². The van der Waals surface area contributed by atoms with Crippen molar-refractivity contribution < 1.29 is 4.79 Å². The van der Waals surface area contributed by atoms with Gasteiger partial charge in [-0.15, -0.1) is 0 Å². The average molecular weight is 186 g/mol. The lowest BCUT2D eigenvalue weighted by molar-refractivity contribution is -0.130. The highest BCUT2D eigenvalue weighted by atomic mass is 16.2. The molecule has 0 bridgehead atoms. The summed E-state index contributed by atoms with van der Waals surface area (Å²) in [6.45, 7) is 8.08. The fourth-order valence-corrected chi connectivity index (χ4v) is 1.39. The molecule has 3 nitrogen and oxygen atoms in total. The third-order valence-electron chi connectivity index (χ3n) is 2.54. The molecule has 0 rings (SSSR count). The summed E-state index contributed by atoms with van der Waals surface area (Å²) in [6, 6.07) is 0. The first kappa shape index (κ1) is 12.4. The lowest BCUT2D eigenvalue weighted by Gasteiger charge is -2.24. The molecule has 0 saturated heterocycles. The molecule has 0 aromatic carbocycles. The van der Waals surface area contributed by atoms with Crippen molar-refractivity contribution >= 4 is 5.91 Å². The van der Waals surface area contributed by atoms with Gasteiger partial charge in [0.2, 0.25) is 5.91 Å². The molecule has 3 heteroatoms. The van der Waals surface area contributed by atoms with Crippen LogP contribution in [0.5, 0.6) is 0 Å². The lowest BCUT2D eigenvalue weighted by atomic mass is 10.0. The van der Waals surface area contributed by atoms with Gasteiger partial charge in [0, 0.05) is 13.1 Å². The van der Waals surface area contributed by atoms with E-state index in [2.05, 4.69) is 13.8 Å². The average Bonchev–Trinajstić information content (AvgIpc) is 2.19. The minimum absolute atomic E-state index is 0.0643. The third kappa shape index (κ3) is 4.27. The topological polar surface area (TPSA) is 46.3 Å². The van der Waals surface area contributed by atoms with Crippen LogP contribution in [0.1, 0.15) is 33.6 Å². The summed E-state index contributed by atoms with van der Waals surface area (Å²) >= 11 is 0. The summed E-state index contributed by atoms with van der Waals surface area (Å²) in [6.07, 6.45) is 2.26. The molecule has 0 unspecified atom stereocenters. The van der Waals surface area contributed by atoms with Gasteiger partial charge in [-0.25, -0.2) is 0 Å². The molecule has 0 radical (unpaired) electrons. The largest absolute Gasteiger partial charge is 0.342 e. The second-order valence-electron chi connectivity index (χ2n) is 3.32. The van der Waals surface area contributed by atoms with Crippen LogP contribution in [0.15, 0.2) is 0 Å². The van der Waals surface area contributed by atoms with E-state index in [-0.39, 0.29) is 12.5 Å². The normalized spacial score (nSPS) is 10.5. The van der Waals surface area contributed by atoms with E-state index in [0.717, 1.165) is 25.9 Å². The van der Waals surface area contributed by atoms with Crippen LogP contribution in [0.2, 0.25) is 0 Å². The molecule has 0 saturated carbocycles. The summed E-state index contributed by atoms with van der Waals surface area (Å²) in [7, 11) is 0. The Morgan fingerprint density at radius 3 is 2.15 bits per heavy atom. The summed E-state index contributed by atoms with van der Waals surface area (Å²) in [5, 5.41) is 0. The van der Waals surface area contributed by atoms with Crippen LogP contribution < -0.4 is 5.73 Å². The zero-order chi connectivity index (χ0) is 10.3. The molecule has 0 aliphatic heterocycles. The highest BCUT2D eigenvalue weighted by Gasteiger charge is 2.13. The van der Waals surface area contributed by atoms with E-state index in [1.807, 2.05) is 11.8 Å². The molecule has 0 atom stereocenters. The fourth-order valence-electron chi connectivity index (χ4n) is 1.39. The molecular formula is C10H22N2O. The predicted octanol–water partition coefficient (Wildman–Crippen LogP) is 1.23. The van der Waals surface area contributed by atoms with Crippen LogP contribution in [-0.4, -0.2) is 30.4 Å². The Labute approximate surface area is 81.3 Å². The first-order valence-electron chi connectivity index (χ1n) is 5.17. The van der Waals surface area contributed by atoms with E-state index in [1.54, 1.807) is 0 Å². The molecule has 0 aromatic rings. The number of hydrogen-bond acceptors (Lipinski definition) is 2. The van der Waals surface area contributed by atoms with Crippen LogP contribution in [0.25, 0.3) is 0 Å². The maximum absolute atomic E-state index is 11.3. The molecule has 0 aromatic heterocycles. The van der Waals surface area contributed by atoms with Gasteiger partial charge < -0.3 is 10.6 Å². The summed E-state index contributed by atoms with van der Waals surface area (Å²) in [4.78, 5) is 13.2. The lowest BCUT2D eigenvalue weighted by Crippen LogP contribution is -2.38. The van der Waals surface area contributed by atoms with Crippen LogP contribution in [0.4, 0.5) is 0 Å². The van der Waals surface area contributed by atoms with Gasteiger partial charge >= 0.3 is 0 Å². The molecule has 0 aliphatic carbocycles. The second kappa shape index (κ2) is 6.89. The zero-order valence-electron chi connectivity index (χ0n) is 9.05. The molecule has 78 valence electrons. The van der Waals surface area contributed by atoms with Gasteiger partial charge in [0.25, 0.3) is 0 Å². The van der Waals surface area contributed by atoms with Crippen molar-refractivity contribution in [1.29, 1.82) is 0 Å². The molecule has 0 heterocycles. The van der Waals surface area contributed by atoms with E-state index in [9.17, 15) is 4.79 Å². The van der Waals surface area contributed by atoms with Gasteiger partial charge in [0.05, 0.1) is 6.54 Å². The van der Waals surface area contributed by atoms with E-state index in [4.69, 9.17) is 5.73 Å². The number of hydrogen-bond donors (Lipinski definition) is 1. The molecule has 2 N–H and O–H groups in total. The van der Waals surface area contributed by atoms with Gasteiger partial charge in [0.15, 0.2) is 0 Å². The van der Waals surface area contributed by atoms with Gasteiger partial charge in [-0.2, -0.15) is 0 Å². The monoisotopic (exact) mass is 186 g/mol. The van der Waals surface area contributed by atoms with Crippen LogP contribution in [0.3, 0.4) is 0 Å². The van der Waals surface area contributed by atoms with Crippen LogP contribution >= 0.6 is 0 Å². The predicted molar refractivity (Wildman–Crippen MR) is 55.4 cm³/mol. The Morgan fingerprint density at radius 2 is 1.85 bits per heavy atom. The van der Waals surface area contributed by atoms with Crippen molar-refractivity contribution in [1.82, 2.24) is 4.90 Å². The first-order chi connectivity index (χ1) is 6.19. The zero-order valence-corrected chi connectivity index (χ0v) is 9.05. The standard InChI is InChI=1S/C10H22N2O/c1-4-9(5-2)8-12(6-3)10(13)7-11/h9H,4-8,11H2,1-3H3. The number of amides is 1. The Hall–Kier alpha value is -0.570. The first-order valence-corrected chi connectivity index (χ1v) is 5.17. The Kier molecular flexibility index (Phi) is 6.59. The molecule has 0 aliphatic rings. The van der Waals surface area contributed by atoms with Crippen molar-refractivity contribution in [3.8, 4) is 0 Å². The van der Waals surface area contributed by atoms with Gasteiger partial charge in [-0.05, 0) is 12.8 Å². The number of nitrogens with zero attached hydrogens (tertiary/aromatic N) is 1. The Morgan fingerprint density at radius 1 is 1.31 bits per heavy atom. The van der Waals surface area contributed by atoms with Gasteiger partial charge in [-0.3, -0.25) is 4.79 Å². The highest BCUT2D eigenvalue weighted by Crippen LogP contribution is 2.09. The number of carbonyl (C=O) groups is 1. The molecular weight excluding hydrogens is 164 g/mol. The minimum Gasteiger partial charge on any atom is -0.342 e. The van der Waals surface area contributed by atoms with Crippen molar-refractivity contribution in [2.75, 3.05) is 19.6 Å². The molecule has 13 heavy (non-hydrogen) atoms. The quantitative estimate of drug-likeness (QED) is 0.678. The van der Waals surface area contributed by atoms with Gasteiger partial charge in [0.1, 0.15) is 0 Å². The van der Waals surface area contributed by atoms with Gasteiger partial charge in [-0.1, -0.05) is 26.7 Å². The van der Waals surface area contributed by atoms with Crippen molar-refractivity contribution in [3.63, 3.8) is 0 Å². The third-order valence-corrected chi connectivity index (χ3v) is 2.54. The number of rotatable bonds is 6. The van der Waals surface area contributed by atoms with Crippen molar-refractivity contribution in [2.24, 2.45) is 11.7 Å². The van der Waals surface area contributed by atoms with E-state index in [0.29, 0.717) is 5.92 Å². The molecule has 1 amide bonds. The minimum atomic E-state index is 0.0643. The SMILES string of the molecule is CCC(CC)CN(CC)C(=O)CN. The fraction of sp³-hybridized carbons (Fsp3) is 0.900. The van der Waals surface area contributed by atoms with Crippen molar-refractivity contribution in [3.05, 3.63) is 0 Å². The van der Waals surface area contributed by atoms with E-state index < -0.39 is 0 Å². The summed E-state index contributed by atoms with van der Waals surface area (Å²) in [5.41, 5.74) is 5.32. The second-order valence-corrected chi connectivity index (χ2v) is 3.32. The maximum atomic E-state index is 11.3. The smallest absolute Gasteiger partial charge is 0.236 e. The Bertz CT molecular complexity index is 144. The highest BCUT2D eigenvalue weighted by molar-refractivity contribution is 5.77. The summed E-state index contributed by atoms with van der Waals surface area (Å²) in [5.74, 6) is 0.685. The maximum Gasteiger partial charge on any atom is 0.236 e. The van der Waals surface area contributed by atoms with Crippen molar-refractivity contribution in [2.45, 2.75) is 33.6 Å². The number of likely N-dealkylation sites (N-methyl/N-ethyl adjacent to an activating group) is 1. The van der Waals surface area contributed by atoms with E-state index >= 15 is 0 Å². The van der Waals surface area contributed by atoms with E-state index in [1.165, 1.54) is 0 Å².